The smallest absolute Gasteiger partial charge is 0.246 e. The van der Waals surface area contributed by atoms with Gasteiger partial charge in [-0.2, -0.15) is 0 Å². The van der Waals surface area contributed by atoms with Crippen molar-refractivity contribution in [3.8, 4) is 0 Å². The molecule has 8 heteroatoms. The van der Waals surface area contributed by atoms with Crippen molar-refractivity contribution < 1.29 is 18.7 Å². The number of rotatable bonds is 4. The van der Waals surface area contributed by atoms with E-state index >= 15 is 0 Å². The molecule has 1 spiro atoms. The van der Waals surface area contributed by atoms with Gasteiger partial charge in [-0.25, -0.2) is 14.4 Å². The van der Waals surface area contributed by atoms with Gasteiger partial charge in [0.25, 0.3) is 0 Å². The summed E-state index contributed by atoms with van der Waals surface area (Å²) in [5, 5.41) is 3.05. The van der Waals surface area contributed by atoms with Crippen LogP contribution >= 0.6 is 0 Å². The third-order valence-electron chi connectivity index (χ3n) is 5.03. The van der Waals surface area contributed by atoms with E-state index in [2.05, 4.69) is 20.2 Å². The van der Waals surface area contributed by atoms with Crippen LogP contribution < -0.4 is 10.2 Å². The summed E-state index contributed by atoms with van der Waals surface area (Å²) in [6, 6.07) is -0.00909. The minimum Gasteiger partial charge on any atom is -0.379 e. The molecule has 1 amide bonds. The zero-order valence-corrected chi connectivity index (χ0v) is 13.8. The number of nitrogens with zero attached hydrogens (tertiary/aromatic N) is 3. The SMILES string of the molecule is COCC(=O)N[C@@H]1COCCC12CCN(c1ncc(F)cn1)CC2. The molecule has 2 saturated heterocycles. The number of carbonyl (C=O) groups excluding carboxylic acids is 1. The number of ether oxygens (including phenoxy) is 2. The fourth-order valence-corrected chi connectivity index (χ4v) is 3.61. The van der Waals surface area contributed by atoms with E-state index in [0.29, 0.717) is 19.2 Å². The van der Waals surface area contributed by atoms with E-state index in [1.54, 1.807) is 0 Å². The van der Waals surface area contributed by atoms with Crippen molar-refractivity contribution in [1.82, 2.24) is 15.3 Å². The summed E-state index contributed by atoms with van der Waals surface area (Å²) < 4.78 is 23.4. The molecule has 2 aliphatic rings. The molecule has 2 aliphatic heterocycles. The molecule has 2 fully saturated rings. The lowest BCUT2D eigenvalue weighted by Gasteiger charge is -2.49. The fourth-order valence-electron chi connectivity index (χ4n) is 3.61. The van der Waals surface area contributed by atoms with Crippen LogP contribution in [0.25, 0.3) is 0 Å². The number of amides is 1. The molecule has 0 aromatic carbocycles. The van der Waals surface area contributed by atoms with Gasteiger partial charge < -0.3 is 19.7 Å². The molecule has 0 bridgehead atoms. The molecule has 7 nitrogen and oxygen atoms in total. The van der Waals surface area contributed by atoms with E-state index in [0.717, 1.165) is 32.4 Å². The van der Waals surface area contributed by atoms with Gasteiger partial charge in [-0.05, 0) is 24.7 Å². The maximum Gasteiger partial charge on any atom is 0.246 e. The average Bonchev–Trinajstić information content (AvgIpc) is 2.59. The maximum atomic E-state index is 13.0. The number of hydrogen-bond acceptors (Lipinski definition) is 6. The van der Waals surface area contributed by atoms with Gasteiger partial charge in [-0.3, -0.25) is 4.79 Å². The van der Waals surface area contributed by atoms with Crippen LogP contribution in [0, 0.1) is 11.2 Å². The van der Waals surface area contributed by atoms with Gasteiger partial charge in [0.15, 0.2) is 5.82 Å². The molecule has 0 saturated carbocycles. The van der Waals surface area contributed by atoms with E-state index in [1.165, 1.54) is 19.5 Å². The van der Waals surface area contributed by atoms with Crippen LogP contribution in [0.1, 0.15) is 19.3 Å². The zero-order valence-electron chi connectivity index (χ0n) is 13.8. The summed E-state index contributed by atoms with van der Waals surface area (Å²) in [7, 11) is 1.51. The lowest BCUT2D eigenvalue weighted by atomic mass is 9.69. The molecule has 1 aromatic rings. The molecule has 1 atom stereocenters. The Labute approximate surface area is 140 Å². The summed E-state index contributed by atoms with van der Waals surface area (Å²) >= 11 is 0. The van der Waals surface area contributed by atoms with Crippen LogP contribution in [-0.2, 0) is 14.3 Å². The van der Waals surface area contributed by atoms with Gasteiger partial charge in [-0.1, -0.05) is 0 Å². The number of hydrogen-bond donors (Lipinski definition) is 1. The second-order valence-electron chi connectivity index (χ2n) is 6.43. The fraction of sp³-hybridized carbons (Fsp3) is 0.688. The summed E-state index contributed by atoms with van der Waals surface area (Å²) in [5.41, 5.74) is 0.0260. The third kappa shape index (κ3) is 3.64. The molecule has 24 heavy (non-hydrogen) atoms. The first-order valence-electron chi connectivity index (χ1n) is 8.21. The van der Waals surface area contributed by atoms with Crippen LogP contribution in [0.5, 0.6) is 0 Å². The van der Waals surface area contributed by atoms with Crippen molar-refractivity contribution in [2.75, 3.05) is 44.9 Å². The van der Waals surface area contributed by atoms with Crippen LogP contribution in [0.4, 0.5) is 10.3 Å². The van der Waals surface area contributed by atoms with Crippen molar-refractivity contribution >= 4 is 11.9 Å². The van der Waals surface area contributed by atoms with Crippen molar-refractivity contribution in [3.05, 3.63) is 18.2 Å². The first-order chi connectivity index (χ1) is 11.6. The number of methoxy groups -OCH3 is 1. The minimum atomic E-state index is -0.433. The highest BCUT2D eigenvalue weighted by molar-refractivity contribution is 5.77. The van der Waals surface area contributed by atoms with Crippen LogP contribution in [0.3, 0.4) is 0 Å². The predicted octanol–water partition coefficient (Wildman–Crippen LogP) is 0.754. The van der Waals surface area contributed by atoms with Crippen molar-refractivity contribution in [3.63, 3.8) is 0 Å². The standard InChI is InChI=1S/C16H23FN4O3/c1-23-11-14(22)20-13-10-24-7-4-16(13)2-5-21(6-3-16)15-18-8-12(17)9-19-15/h8-9,13H,2-7,10-11H2,1H3,(H,20,22)/t13-/m1/s1. The maximum absolute atomic E-state index is 13.0. The van der Waals surface area contributed by atoms with Crippen LogP contribution in [0.15, 0.2) is 12.4 Å². The van der Waals surface area contributed by atoms with Crippen LogP contribution in [-0.4, -0.2) is 61.9 Å². The van der Waals surface area contributed by atoms with E-state index in [4.69, 9.17) is 9.47 Å². The highest BCUT2D eigenvalue weighted by Crippen LogP contribution is 2.41. The third-order valence-corrected chi connectivity index (χ3v) is 5.03. The number of carbonyl (C=O) groups is 1. The van der Waals surface area contributed by atoms with Gasteiger partial charge >= 0.3 is 0 Å². The Bertz CT molecular complexity index is 561. The van der Waals surface area contributed by atoms with E-state index < -0.39 is 5.82 Å². The largest absolute Gasteiger partial charge is 0.379 e. The molecule has 0 radical (unpaired) electrons. The van der Waals surface area contributed by atoms with Crippen molar-refractivity contribution in [1.29, 1.82) is 0 Å². The second-order valence-corrected chi connectivity index (χ2v) is 6.43. The first kappa shape index (κ1) is 17.0. The lowest BCUT2D eigenvalue weighted by Crippen LogP contribution is -2.58. The Balaban J connectivity index is 1.65. The van der Waals surface area contributed by atoms with E-state index in [9.17, 15) is 9.18 Å². The number of piperidine rings is 1. The molecule has 0 unspecified atom stereocenters. The summed E-state index contributed by atoms with van der Waals surface area (Å²) in [5.74, 6) is 0.00697. The summed E-state index contributed by atoms with van der Waals surface area (Å²) in [4.78, 5) is 22.1. The Morgan fingerprint density at radius 2 is 2.12 bits per heavy atom. The first-order valence-corrected chi connectivity index (χ1v) is 8.21. The van der Waals surface area contributed by atoms with Gasteiger partial charge in [0.05, 0.1) is 25.0 Å². The normalized spacial score (nSPS) is 23.2. The average molecular weight is 338 g/mol. The van der Waals surface area contributed by atoms with E-state index in [1.807, 2.05) is 0 Å². The number of anilines is 1. The molecule has 1 aromatic heterocycles. The molecule has 132 valence electrons. The second kappa shape index (κ2) is 7.40. The van der Waals surface area contributed by atoms with Gasteiger partial charge in [-0.15, -0.1) is 0 Å². The number of nitrogens with one attached hydrogen (secondary N) is 1. The topological polar surface area (TPSA) is 76.6 Å². The highest BCUT2D eigenvalue weighted by atomic mass is 19.1. The van der Waals surface area contributed by atoms with Crippen LogP contribution in [0.2, 0.25) is 0 Å². The van der Waals surface area contributed by atoms with Gasteiger partial charge in [0.2, 0.25) is 11.9 Å². The lowest BCUT2D eigenvalue weighted by molar-refractivity contribution is -0.129. The molecule has 3 rings (SSSR count). The molecule has 0 aliphatic carbocycles. The Morgan fingerprint density at radius 1 is 1.42 bits per heavy atom. The van der Waals surface area contributed by atoms with Gasteiger partial charge in [0, 0.05) is 26.8 Å². The summed E-state index contributed by atoms with van der Waals surface area (Å²) in [6.07, 6.45) is 5.12. The molecular formula is C16H23FN4O3. The molecule has 1 N–H and O–H groups in total. The summed E-state index contributed by atoms with van der Waals surface area (Å²) in [6.45, 7) is 2.86. The van der Waals surface area contributed by atoms with E-state index in [-0.39, 0.29) is 24.0 Å². The minimum absolute atomic E-state index is 0.00909. The monoisotopic (exact) mass is 338 g/mol. The highest BCUT2D eigenvalue weighted by Gasteiger charge is 2.44. The van der Waals surface area contributed by atoms with Crippen molar-refractivity contribution in [2.45, 2.75) is 25.3 Å². The van der Waals surface area contributed by atoms with Crippen molar-refractivity contribution in [2.24, 2.45) is 5.41 Å². The number of halogens is 1. The molecular weight excluding hydrogens is 315 g/mol. The van der Waals surface area contributed by atoms with Gasteiger partial charge in [0.1, 0.15) is 6.61 Å². The zero-order chi connectivity index (χ0) is 17.0. The predicted molar refractivity (Wildman–Crippen MR) is 85.1 cm³/mol. The molecule has 3 heterocycles. The Morgan fingerprint density at radius 3 is 2.79 bits per heavy atom. The quantitative estimate of drug-likeness (QED) is 0.873. The Hall–Kier alpha value is -1.80. The number of aromatic nitrogens is 2. The Kier molecular flexibility index (Phi) is 5.25.